The minimum atomic E-state index is 0.950. The Bertz CT molecular complexity index is 241. The second kappa shape index (κ2) is 7.31. The highest BCUT2D eigenvalue weighted by atomic mass is 14.3. The Morgan fingerprint density at radius 3 is 2.36 bits per heavy atom. The van der Waals surface area contributed by atoms with E-state index in [1.54, 1.807) is 0 Å². The van der Waals surface area contributed by atoms with E-state index < -0.39 is 0 Å². The highest BCUT2D eigenvalue weighted by molar-refractivity contribution is 5.52. The van der Waals surface area contributed by atoms with Crippen LogP contribution >= 0.6 is 0 Å². The average Bonchev–Trinajstić information content (AvgIpc) is 2.25. The van der Waals surface area contributed by atoms with E-state index in [9.17, 15) is 0 Å². The van der Waals surface area contributed by atoms with E-state index in [1.165, 1.54) is 43.9 Å². The quantitative estimate of drug-likeness (QED) is 0.498. The molecule has 0 amide bonds. The van der Waals surface area contributed by atoms with Crippen molar-refractivity contribution in [3.63, 3.8) is 0 Å². The van der Waals surface area contributed by atoms with Crippen LogP contribution in [0.25, 0.3) is 0 Å². The van der Waals surface area contributed by atoms with E-state index >= 15 is 0 Å². The highest BCUT2D eigenvalue weighted by Gasteiger charge is 1.92. The molecule has 0 saturated heterocycles. The van der Waals surface area contributed by atoms with Gasteiger partial charge in [0.2, 0.25) is 0 Å². The predicted octanol–water partition coefficient (Wildman–Crippen LogP) is 3.83. The van der Waals surface area contributed by atoms with Crippen LogP contribution in [0.4, 0.5) is 0 Å². The van der Waals surface area contributed by atoms with Gasteiger partial charge < -0.3 is 5.41 Å². The van der Waals surface area contributed by atoms with E-state index in [2.05, 4.69) is 30.3 Å². The third-order valence-electron chi connectivity index (χ3n) is 2.41. The summed E-state index contributed by atoms with van der Waals surface area (Å²) in [7, 11) is 0. The van der Waals surface area contributed by atoms with Gasteiger partial charge in [0.05, 0.1) is 0 Å². The van der Waals surface area contributed by atoms with Gasteiger partial charge in [0.15, 0.2) is 0 Å². The first-order chi connectivity index (χ1) is 6.93. The molecule has 1 aromatic rings. The summed E-state index contributed by atoms with van der Waals surface area (Å²) in [6.07, 6.45) is 8.68. The third kappa shape index (κ3) is 4.80. The molecule has 1 rings (SSSR count). The lowest BCUT2D eigenvalue weighted by atomic mass is 10.1. The van der Waals surface area contributed by atoms with Crippen LogP contribution in [0, 0.1) is 5.41 Å². The van der Waals surface area contributed by atoms with E-state index in [4.69, 9.17) is 5.41 Å². The van der Waals surface area contributed by atoms with Crippen LogP contribution in [-0.4, -0.2) is 6.21 Å². The van der Waals surface area contributed by atoms with Crippen molar-refractivity contribution in [3.05, 3.63) is 35.9 Å². The molecule has 0 aliphatic heterocycles. The Labute approximate surface area is 86.7 Å². The monoisotopic (exact) mass is 189 g/mol. The fourth-order valence-corrected chi connectivity index (χ4v) is 1.57. The zero-order valence-electron chi connectivity index (χ0n) is 8.71. The van der Waals surface area contributed by atoms with Crippen LogP contribution < -0.4 is 0 Å². The Balaban J connectivity index is 2.02. The number of rotatable bonds is 7. The SMILES string of the molecule is N=CCCCCCCc1ccccc1. The lowest BCUT2D eigenvalue weighted by Crippen LogP contribution is -1.85. The lowest BCUT2D eigenvalue weighted by Gasteiger charge is -2.00. The van der Waals surface area contributed by atoms with Gasteiger partial charge in [-0.3, -0.25) is 0 Å². The second-order valence-electron chi connectivity index (χ2n) is 3.64. The summed E-state index contributed by atoms with van der Waals surface area (Å²) < 4.78 is 0. The molecule has 0 aliphatic carbocycles. The van der Waals surface area contributed by atoms with E-state index in [0.29, 0.717) is 0 Å². The fraction of sp³-hybridized carbons (Fsp3) is 0.462. The lowest BCUT2D eigenvalue weighted by molar-refractivity contribution is 0.654. The first kappa shape index (κ1) is 11.0. The van der Waals surface area contributed by atoms with Gasteiger partial charge in [-0.15, -0.1) is 0 Å². The zero-order valence-corrected chi connectivity index (χ0v) is 8.71. The van der Waals surface area contributed by atoms with Crippen LogP contribution in [0.3, 0.4) is 0 Å². The third-order valence-corrected chi connectivity index (χ3v) is 2.41. The maximum atomic E-state index is 6.89. The van der Waals surface area contributed by atoms with Crippen molar-refractivity contribution < 1.29 is 0 Å². The zero-order chi connectivity index (χ0) is 10.1. The summed E-state index contributed by atoms with van der Waals surface area (Å²) in [4.78, 5) is 0. The number of hydrogen-bond donors (Lipinski definition) is 1. The molecule has 14 heavy (non-hydrogen) atoms. The van der Waals surface area contributed by atoms with Crippen LogP contribution in [-0.2, 0) is 6.42 Å². The maximum Gasteiger partial charge on any atom is -0.00477 e. The largest absolute Gasteiger partial charge is 0.313 e. The van der Waals surface area contributed by atoms with Gasteiger partial charge in [-0.2, -0.15) is 0 Å². The van der Waals surface area contributed by atoms with Crippen molar-refractivity contribution in [1.29, 1.82) is 5.41 Å². The molecule has 0 fully saturated rings. The standard InChI is InChI=1S/C13H19N/c14-12-8-3-1-2-5-9-13-10-6-4-7-11-13/h4,6-7,10-12,14H,1-3,5,8-9H2. The molecule has 1 nitrogen and oxygen atoms in total. The molecular formula is C13H19N. The molecule has 0 radical (unpaired) electrons. The van der Waals surface area contributed by atoms with Crippen molar-refractivity contribution >= 4 is 6.21 Å². The maximum absolute atomic E-state index is 6.89. The summed E-state index contributed by atoms with van der Waals surface area (Å²) >= 11 is 0. The molecule has 0 aliphatic rings. The molecule has 1 heteroatoms. The first-order valence-electron chi connectivity index (χ1n) is 5.46. The van der Waals surface area contributed by atoms with Crippen molar-refractivity contribution in [1.82, 2.24) is 0 Å². The Hall–Kier alpha value is -1.11. The minimum Gasteiger partial charge on any atom is -0.313 e. The Morgan fingerprint density at radius 2 is 1.64 bits per heavy atom. The molecular weight excluding hydrogens is 170 g/mol. The predicted molar refractivity (Wildman–Crippen MR) is 62.0 cm³/mol. The average molecular weight is 189 g/mol. The fourth-order valence-electron chi connectivity index (χ4n) is 1.57. The first-order valence-corrected chi connectivity index (χ1v) is 5.46. The van der Waals surface area contributed by atoms with Gasteiger partial charge in [-0.25, -0.2) is 0 Å². The molecule has 0 atom stereocenters. The van der Waals surface area contributed by atoms with Crippen LogP contribution in [0.1, 0.15) is 37.7 Å². The molecule has 0 bridgehead atoms. The van der Waals surface area contributed by atoms with E-state index in [-0.39, 0.29) is 0 Å². The number of unbranched alkanes of at least 4 members (excludes halogenated alkanes) is 4. The molecule has 76 valence electrons. The molecule has 0 heterocycles. The Kier molecular flexibility index (Phi) is 5.73. The molecule has 0 saturated carbocycles. The topological polar surface area (TPSA) is 23.9 Å². The van der Waals surface area contributed by atoms with E-state index in [1.807, 2.05) is 0 Å². The highest BCUT2D eigenvalue weighted by Crippen LogP contribution is 2.07. The summed E-state index contributed by atoms with van der Waals surface area (Å²) in [5.41, 5.74) is 1.44. The number of aryl methyl sites for hydroxylation is 1. The van der Waals surface area contributed by atoms with Gasteiger partial charge in [0.1, 0.15) is 0 Å². The Morgan fingerprint density at radius 1 is 0.929 bits per heavy atom. The smallest absolute Gasteiger partial charge is 0.00477 e. The minimum absolute atomic E-state index is 0.950. The summed E-state index contributed by atoms with van der Waals surface area (Å²) in [6, 6.07) is 10.7. The van der Waals surface area contributed by atoms with Gasteiger partial charge in [-0.05, 0) is 37.5 Å². The number of nitrogens with one attached hydrogen (secondary N) is 1. The van der Waals surface area contributed by atoms with Crippen molar-refractivity contribution in [2.24, 2.45) is 0 Å². The van der Waals surface area contributed by atoms with Gasteiger partial charge in [0.25, 0.3) is 0 Å². The molecule has 1 aromatic carbocycles. The second-order valence-corrected chi connectivity index (χ2v) is 3.64. The van der Waals surface area contributed by atoms with Gasteiger partial charge in [-0.1, -0.05) is 43.2 Å². The van der Waals surface area contributed by atoms with Crippen molar-refractivity contribution in [2.45, 2.75) is 38.5 Å². The summed E-state index contributed by atoms with van der Waals surface area (Å²) in [5.74, 6) is 0. The molecule has 0 spiro atoms. The van der Waals surface area contributed by atoms with Crippen molar-refractivity contribution in [2.75, 3.05) is 0 Å². The van der Waals surface area contributed by atoms with Crippen LogP contribution in [0.15, 0.2) is 30.3 Å². The summed E-state index contributed by atoms with van der Waals surface area (Å²) in [6.45, 7) is 0. The molecule has 1 N–H and O–H groups in total. The molecule has 0 unspecified atom stereocenters. The number of benzene rings is 1. The van der Waals surface area contributed by atoms with Gasteiger partial charge in [0, 0.05) is 0 Å². The van der Waals surface area contributed by atoms with Crippen molar-refractivity contribution in [3.8, 4) is 0 Å². The van der Waals surface area contributed by atoms with Gasteiger partial charge >= 0.3 is 0 Å². The van der Waals surface area contributed by atoms with E-state index in [0.717, 1.165) is 6.42 Å². The molecule has 0 aromatic heterocycles. The van der Waals surface area contributed by atoms with Crippen LogP contribution in [0.2, 0.25) is 0 Å². The number of hydrogen-bond acceptors (Lipinski definition) is 1. The summed E-state index contributed by atoms with van der Waals surface area (Å²) in [5, 5.41) is 6.89. The normalized spacial score (nSPS) is 10.0. The van der Waals surface area contributed by atoms with Crippen LogP contribution in [0.5, 0.6) is 0 Å².